The fourth-order valence-corrected chi connectivity index (χ4v) is 4.78. The molecule has 0 fully saturated rings. The van der Waals surface area contributed by atoms with Gasteiger partial charge in [0.25, 0.3) is 0 Å². The Morgan fingerprint density at radius 2 is 2.26 bits per heavy atom. The SMILES string of the molecule is Cc1ccc2c(c1)SC(C(=O)NC1CCc3nc(C)cn3C1)C2. The van der Waals surface area contributed by atoms with E-state index >= 15 is 0 Å². The molecule has 0 spiro atoms. The minimum absolute atomic E-state index is 0.0118. The zero-order valence-electron chi connectivity index (χ0n) is 13.5. The number of aromatic nitrogens is 2. The number of carbonyl (C=O) groups is 1. The van der Waals surface area contributed by atoms with Crippen molar-refractivity contribution in [3.63, 3.8) is 0 Å². The number of amides is 1. The van der Waals surface area contributed by atoms with Gasteiger partial charge in [0.05, 0.1) is 10.9 Å². The molecule has 2 atom stereocenters. The van der Waals surface area contributed by atoms with E-state index in [4.69, 9.17) is 0 Å². The number of thioether (sulfide) groups is 1. The van der Waals surface area contributed by atoms with E-state index < -0.39 is 0 Å². The molecule has 2 aliphatic heterocycles. The standard InChI is InChI=1S/C18H21N3OS/c1-11-3-4-13-8-16(23-15(13)7-11)18(22)20-14-5-6-17-19-12(2)9-21(17)10-14/h3-4,7,9,14,16H,5-6,8,10H2,1-2H3,(H,20,22). The van der Waals surface area contributed by atoms with E-state index in [1.165, 1.54) is 16.0 Å². The first-order chi connectivity index (χ1) is 11.1. The highest BCUT2D eigenvalue weighted by Crippen LogP contribution is 2.37. The predicted molar refractivity (Wildman–Crippen MR) is 91.7 cm³/mol. The highest BCUT2D eigenvalue weighted by atomic mass is 32.2. The van der Waals surface area contributed by atoms with Crippen LogP contribution in [0.1, 0.15) is 29.1 Å². The molecular formula is C18H21N3OS. The van der Waals surface area contributed by atoms with E-state index in [9.17, 15) is 4.79 Å². The highest BCUT2D eigenvalue weighted by molar-refractivity contribution is 8.01. The van der Waals surface area contributed by atoms with Crippen molar-refractivity contribution in [3.8, 4) is 0 Å². The van der Waals surface area contributed by atoms with E-state index in [1.54, 1.807) is 11.8 Å². The van der Waals surface area contributed by atoms with Crippen LogP contribution in [0.15, 0.2) is 29.3 Å². The second kappa shape index (κ2) is 5.71. The summed E-state index contributed by atoms with van der Waals surface area (Å²) in [5, 5.41) is 3.26. The van der Waals surface area contributed by atoms with Gasteiger partial charge in [0, 0.05) is 30.1 Å². The molecule has 1 amide bonds. The Balaban J connectivity index is 1.40. The minimum atomic E-state index is 0.0118. The lowest BCUT2D eigenvalue weighted by molar-refractivity contribution is -0.121. The quantitative estimate of drug-likeness (QED) is 0.922. The van der Waals surface area contributed by atoms with E-state index in [2.05, 4.69) is 46.2 Å². The van der Waals surface area contributed by atoms with E-state index in [0.717, 1.165) is 37.3 Å². The van der Waals surface area contributed by atoms with Crippen LogP contribution >= 0.6 is 11.8 Å². The Morgan fingerprint density at radius 1 is 1.39 bits per heavy atom. The Labute approximate surface area is 140 Å². The van der Waals surface area contributed by atoms with Crippen molar-refractivity contribution in [1.82, 2.24) is 14.9 Å². The fourth-order valence-electron chi connectivity index (χ4n) is 3.48. The second-order valence-electron chi connectivity index (χ2n) is 6.62. The Kier molecular flexibility index (Phi) is 3.68. The molecule has 0 aliphatic carbocycles. The zero-order chi connectivity index (χ0) is 16.0. The van der Waals surface area contributed by atoms with Crippen LogP contribution in [0.2, 0.25) is 0 Å². The Morgan fingerprint density at radius 3 is 3.13 bits per heavy atom. The van der Waals surface area contributed by atoms with Crippen LogP contribution in [0.5, 0.6) is 0 Å². The van der Waals surface area contributed by atoms with Crippen molar-refractivity contribution in [2.45, 2.75) is 55.8 Å². The van der Waals surface area contributed by atoms with Crippen LogP contribution in [0.3, 0.4) is 0 Å². The number of nitrogens with one attached hydrogen (secondary N) is 1. The van der Waals surface area contributed by atoms with Gasteiger partial charge in [-0.25, -0.2) is 4.98 Å². The normalized spacial score (nSPS) is 22.5. The van der Waals surface area contributed by atoms with E-state index in [1.807, 2.05) is 6.92 Å². The summed E-state index contributed by atoms with van der Waals surface area (Å²) in [6.45, 7) is 4.96. The van der Waals surface area contributed by atoms with Crippen LogP contribution in [-0.4, -0.2) is 26.8 Å². The molecule has 2 aromatic rings. The summed E-state index contributed by atoms with van der Waals surface area (Å²) in [6, 6.07) is 6.69. The maximum absolute atomic E-state index is 12.6. The summed E-state index contributed by atoms with van der Waals surface area (Å²) in [5.41, 5.74) is 3.62. The topological polar surface area (TPSA) is 46.9 Å². The van der Waals surface area contributed by atoms with Gasteiger partial charge in [0.1, 0.15) is 5.82 Å². The number of hydrogen-bond donors (Lipinski definition) is 1. The lowest BCUT2D eigenvalue weighted by atomic mass is 10.1. The summed E-state index contributed by atoms with van der Waals surface area (Å²) in [6.07, 6.45) is 4.84. The van der Waals surface area contributed by atoms with Gasteiger partial charge in [-0.15, -0.1) is 11.8 Å². The molecule has 23 heavy (non-hydrogen) atoms. The molecule has 1 aromatic heterocycles. The Hall–Kier alpha value is -1.75. The molecule has 3 heterocycles. The van der Waals surface area contributed by atoms with Crippen LogP contribution in [0.4, 0.5) is 0 Å². The molecule has 1 aromatic carbocycles. The molecule has 0 radical (unpaired) electrons. The first-order valence-electron chi connectivity index (χ1n) is 8.18. The monoisotopic (exact) mass is 327 g/mol. The third-order valence-corrected chi connectivity index (χ3v) is 5.95. The average molecular weight is 327 g/mol. The van der Waals surface area contributed by atoms with Gasteiger partial charge in [-0.3, -0.25) is 4.79 Å². The zero-order valence-corrected chi connectivity index (χ0v) is 14.3. The number of hydrogen-bond acceptors (Lipinski definition) is 3. The minimum Gasteiger partial charge on any atom is -0.351 e. The average Bonchev–Trinajstić information content (AvgIpc) is 3.08. The van der Waals surface area contributed by atoms with Crippen molar-refractivity contribution in [2.24, 2.45) is 0 Å². The van der Waals surface area contributed by atoms with Crippen LogP contribution in [0.25, 0.3) is 0 Å². The molecule has 0 saturated carbocycles. The van der Waals surface area contributed by atoms with Crippen molar-refractivity contribution in [2.75, 3.05) is 0 Å². The Bertz CT molecular complexity index is 768. The van der Waals surface area contributed by atoms with E-state index in [-0.39, 0.29) is 17.2 Å². The first-order valence-corrected chi connectivity index (χ1v) is 9.05. The fraction of sp³-hybridized carbons (Fsp3) is 0.444. The molecule has 0 bridgehead atoms. The molecule has 120 valence electrons. The molecule has 0 saturated heterocycles. The number of nitrogens with zero attached hydrogens (tertiary/aromatic N) is 2. The van der Waals surface area contributed by atoms with Crippen LogP contribution in [-0.2, 0) is 24.2 Å². The molecule has 2 unspecified atom stereocenters. The molecule has 2 aliphatic rings. The van der Waals surface area contributed by atoms with Gasteiger partial charge >= 0.3 is 0 Å². The number of aryl methyl sites for hydroxylation is 3. The number of carbonyl (C=O) groups excluding carboxylic acids is 1. The molecule has 4 nitrogen and oxygen atoms in total. The maximum Gasteiger partial charge on any atom is 0.234 e. The van der Waals surface area contributed by atoms with Gasteiger partial charge in [0.15, 0.2) is 0 Å². The third kappa shape index (κ3) is 2.90. The van der Waals surface area contributed by atoms with Gasteiger partial charge in [-0.1, -0.05) is 17.7 Å². The number of fused-ring (bicyclic) bond motifs is 2. The largest absolute Gasteiger partial charge is 0.351 e. The summed E-state index contributed by atoms with van der Waals surface area (Å²) in [7, 11) is 0. The molecular weight excluding hydrogens is 306 g/mol. The molecule has 4 rings (SSSR count). The summed E-state index contributed by atoms with van der Waals surface area (Å²) in [5.74, 6) is 1.32. The predicted octanol–water partition coefficient (Wildman–Crippen LogP) is 2.65. The maximum atomic E-state index is 12.6. The summed E-state index contributed by atoms with van der Waals surface area (Å²) >= 11 is 1.71. The smallest absolute Gasteiger partial charge is 0.234 e. The highest BCUT2D eigenvalue weighted by Gasteiger charge is 2.30. The van der Waals surface area contributed by atoms with E-state index in [0.29, 0.717) is 0 Å². The third-order valence-electron chi connectivity index (χ3n) is 4.65. The van der Waals surface area contributed by atoms with Crippen molar-refractivity contribution < 1.29 is 4.79 Å². The number of benzene rings is 1. The molecule has 5 heteroatoms. The van der Waals surface area contributed by atoms with Gasteiger partial charge in [-0.2, -0.15) is 0 Å². The summed E-state index contributed by atoms with van der Waals surface area (Å²) in [4.78, 5) is 18.4. The van der Waals surface area contributed by atoms with Gasteiger partial charge in [0.2, 0.25) is 5.91 Å². The van der Waals surface area contributed by atoms with Crippen molar-refractivity contribution >= 4 is 17.7 Å². The lowest BCUT2D eigenvalue weighted by Crippen LogP contribution is -2.44. The lowest BCUT2D eigenvalue weighted by Gasteiger charge is -2.25. The van der Waals surface area contributed by atoms with Crippen molar-refractivity contribution in [1.29, 1.82) is 0 Å². The van der Waals surface area contributed by atoms with Crippen LogP contribution < -0.4 is 5.32 Å². The number of rotatable bonds is 2. The molecule has 1 N–H and O–H groups in total. The number of imidazole rings is 1. The second-order valence-corrected chi connectivity index (χ2v) is 7.86. The first kappa shape index (κ1) is 14.8. The van der Waals surface area contributed by atoms with Gasteiger partial charge in [-0.05, 0) is 38.3 Å². The van der Waals surface area contributed by atoms with Gasteiger partial charge < -0.3 is 9.88 Å². The summed E-state index contributed by atoms with van der Waals surface area (Å²) < 4.78 is 2.18. The van der Waals surface area contributed by atoms with Crippen molar-refractivity contribution in [3.05, 3.63) is 47.0 Å². The van der Waals surface area contributed by atoms with Crippen LogP contribution in [0, 0.1) is 13.8 Å².